The summed E-state index contributed by atoms with van der Waals surface area (Å²) < 4.78 is 5.50. The van der Waals surface area contributed by atoms with Gasteiger partial charge < -0.3 is 4.74 Å². The fraction of sp³-hybridized carbons (Fsp3) is 0.0714. The van der Waals surface area contributed by atoms with E-state index in [0.29, 0.717) is 11.1 Å². The van der Waals surface area contributed by atoms with Crippen molar-refractivity contribution < 1.29 is 9.66 Å². The van der Waals surface area contributed by atoms with Gasteiger partial charge in [-0.2, -0.15) is 5.26 Å². The highest BCUT2D eigenvalue weighted by Gasteiger charge is 2.19. The molecule has 0 bridgehead atoms. The standard InChI is InChI=1S/C14H9ClN2O3/c1-9-3-2-4-13(14(9)17(18)19)20-12-6-5-10(8-16)7-11(12)15/h2-7H,1H3. The largest absolute Gasteiger partial charge is 0.449 e. The van der Waals surface area contributed by atoms with Crippen molar-refractivity contribution in [2.24, 2.45) is 0 Å². The Morgan fingerprint density at radius 2 is 2.05 bits per heavy atom. The Hall–Kier alpha value is -2.58. The monoisotopic (exact) mass is 288 g/mol. The molecule has 2 aromatic carbocycles. The first-order chi connectivity index (χ1) is 9.52. The van der Waals surface area contributed by atoms with Gasteiger partial charge in [0.25, 0.3) is 0 Å². The Kier molecular flexibility index (Phi) is 3.87. The molecule has 0 radical (unpaired) electrons. The zero-order valence-corrected chi connectivity index (χ0v) is 11.2. The van der Waals surface area contributed by atoms with Crippen LogP contribution in [0.15, 0.2) is 36.4 Å². The van der Waals surface area contributed by atoms with Gasteiger partial charge in [0, 0.05) is 5.56 Å². The lowest BCUT2D eigenvalue weighted by Crippen LogP contribution is -1.96. The second-order valence-corrected chi connectivity index (χ2v) is 4.45. The average Bonchev–Trinajstić information content (AvgIpc) is 2.40. The van der Waals surface area contributed by atoms with Crippen molar-refractivity contribution in [2.75, 3.05) is 0 Å². The Morgan fingerprint density at radius 3 is 2.65 bits per heavy atom. The number of ether oxygens (including phenoxy) is 1. The van der Waals surface area contributed by atoms with Crippen LogP contribution >= 0.6 is 11.6 Å². The number of nitro groups is 1. The summed E-state index contributed by atoms with van der Waals surface area (Å²) in [4.78, 5) is 10.6. The molecule has 0 aromatic heterocycles. The van der Waals surface area contributed by atoms with Crippen LogP contribution in [0.25, 0.3) is 0 Å². The summed E-state index contributed by atoms with van der Waals surface area (Å²) in [6.07, 6.45) is 0. The van der Waals surface area contributed by atoms with Crippen LogP contribution in [-0.2, 0) is 0 Å². The summed E-state index contributed by atoms with van der Waals surface area (Å²) in [6, 6.07) is 11.2. The van der Waals surface area contributed by atoms with E-state index < -0.39 is 4.92 Å². The molecular formula is C14H9ClN2O3. The van der Waals surface area contributed by atoms with Gasteiger partial charge in [-0.05, 0) is 31.2 Å². The van der Waals surface area contributed by atoms with Crippen molar-refractivity contribution in [2.45, 2.75) is 6.92 Å². The molecule has 0 heterocycles. The molecule has 0 atom stereocenters. The molecule has 0 amide bonds. The van der Waals surface area contributed by atoms with Crippen LogP contribution in [0.2, 0.25) is 5.02 Å². The number of nitro benzene ring substituents is 1. The number of rotatable bonds is 3. The highest BCUT2D eigenvalue weighted by atomic mass is 35.5. The van der Waals surface area contributed by atoms with Crippen LogP contribution < -0.4 is 4.74 Å². The Balaban J connectivity index is 2.43. The fourth-order valence-corrected chi connectivity index (χ4v) is 1.94. The molecule has 0 saturated carbocycles. The van der Waals surface area contributed by atoms with Gasteiger partial charge in [-0.15, -0.1) is 0 Å². The van der Waals surface area contributed by atoms with Gasteiger partial charge in [0.05, 0.1) is 21.6 Å². The first-order valence-corrected chi connectivity index (χ1v) is 6.02. The van der Waals surface area contributed by atoms with Gasteiger partial charge in [-0.1, -0.05) is 23.7 Å². The average molecular weight is 289 g/mol. The second-order valence-electron chi connectivity index (χ2n) is 4.04. The molecule has 0 aliphatic heterocycles. The maximum Gasteiger partial charge on any atom is 0.314 e. The normalized spacial score (nSPS) is 9.85. The molecule has 0 fully saturated rings. The number of aryl methyl sites for hydroxylation is 1. The maximum atomic E-state index is 11.1. The van der Waals surface area contributed by atoms with Crippen molar-refractivity contribution in [3.63, 3.8) is 0 Å². The topological polar surface area (TPSA) is 76.2 Å². The van der Waals surface area contributed by atoms with Gasteiger partial charge in [0.15, 0.2) is 0 Å². The number of hydrogen-bond acceptors (Lipinski definition) is 4. The molecule has 0 aliphatic rings. The van der Waals surface area contributed by atoms with E-state index in [-0.39, 0.29) is 22.2 Å². The molecule has 0 spiro atoms. The number of hydrogen-bond donors (Lipinski definition) is 0. The minimum absolute atomic E-state index is 0.104. The second kappa shape index (κ2) is 5.59. The van der Waals surface area contributed by atoms with E-state index in [1.165, 1.54) is 24.3 Å². The predicted octanol–water partition coefficient (Wildman–Crippen LogP) is 4.22. The van der Waals surface area contributed by atoms with Crippen LogP contribution in [0.1, 0.15) is 11.1 Å². The van der Waals surface area contributed by atoms with E-state index in [1.807, 2.05) is 6.07 Å². The third-order valence-electron chi connectivity index (χ3n) is 2.66. The van der Waals surface area contributed by atoms with E-state index in [1.54, 1.807) is 19.1 Å². The molecule has 0 aliphatic carbocycles. The zero-order valence-electron chi connectivity index (χ0n) is 10.5. The van der Waals surface area contributed by atoms with Crippen LogP contribution in [0.4, 0.5) is 5.69 Å². The van der Waals surface area contributed by atoms with Gasteiger partial charge in [-0.3, -0.25) is 10.1 Å². The predicted molar refractivity (Wildman–Crippen MR) is 74.1 cm³/mol. The van der Waals surface area contributed by atoms with E-state index >= 15 is 0 Å². The molecule has 0 saturated heterocycles. The molecule has 0 unspecified atom stereocenters. The summed E-state index contributed by atoms with van der Waals surface area (Å²) in [7, 11) is 0. The van der Waals surface area contributed by atoms with Gasteiger partial charge in [-0.25, -0.2) is 0 Å². The highest BCUT2D eigenvalue weighted by Crippen LogP contribution is 2.36. The molecule has 20 heavy (non-hydrogen) atoms. The van der Waals surface area contributed by atoms with Crippen molar-refractivity contribution >= 4 is 17.3 Å². The zero-order chi connectivity index (χ0) is 14.7. The summed E-state index contributed by atoms with van der Waals surface area (Å²) >= 11 is 5.98. The Labute approximate surface area is 120 Å². The Morgan fingerprint density at radius 1 is 1.30 bits per heavy atom. The number of nitriles is 1. The smallest absolute Gasteiger partial charge is 0.314 e. The SMILES string of the molecule is Cc1cccc(Oc2ccc(C#N)cc2Cl)c1[N+](=O)[O-]. The molecule has 2 rings (SSSR count). The lowest BCUT2D eigenvalue weighted by molar-refractivity contribution is -0.386. The third kappa shape index (κ3) is 2.71. The van der Waals surface area contributed by atoms with Crippen molar-refractivity contribution in [1.29, 1.82) is 5.26 Å². The molecular weight excluding hydrogens is 280 g/mol. The van der Waals surface area contributed by atoms with Crippen molar-refractivity contribution in [3.05, 3.63) is 62.7 Å². The summed E-state index contributed by atoms with van der Waals surface area (Å²) in [5, 5.41) is 20.0. The van der Waals surface area contributed by atoms with Crippen LogP contribution in [-0.4, -0.2) is 4.92 Å². The summed E-state index contributed by atoms with van der Waals surface area (Å²) in [5.41, 5.74) is 0.784. The van der Waals surface area contributed by atoms with Crippen LogP contribution in [0, 0.1) is 28.4 Å². The minimum Gasteiger partial charge on any atom is -0.449 e. The lowest BCUT2D eigenvalue weighted by atomic mass is 10.2. The van der Waals surface area contributed by atoms with E-state index in [9.17, 15) is 10.1 Å². The Bertz CT molecular complexity index is 723. The van der Waals surface area contributed by atoms with Gasteiger partial charge in [0.2, 0.25) is 5.75 Å². The van der Waals surface area contributed by atoms with Gasteiger partial charge >= 0.3 is 5.69 Å². The van der Waals surface area contributed by atoms with E-state index in [4.69, 9.17) is 21.6 Å². The number of nitrogens with zero attached hydrogens (tertiary/aromatic N) is 2. The first-order valence-electron chi connectivity index (χ1n) is 5.64. The fourth-order valence-electron chi connectivity index (χ4n) is 1.72. The minimum atomic E-state index is -0.498. The molecule has 0 N–H and O–H groups in total. The van der Waals surface area contributed by atoms with E-state index in [0.717, 1.165) is 0 Å². The first kappa shape index (κ1) is 13.8. The summed E-state index contributed by atoms with van der Waals surface area (Å²) in [5.74, 6) is 0.376. The van der Waals surface area contributed by atoms with Crippen molar-refractivity contribution in [3.8, 4) is 17.6 Å². The maximum absolute atomic E-state index is 11.1. The van der Waals surface area contributed by atoms with Crippen LogP contribution in [0.3, 0.4) is 0 Å². The molecule has 2 aromatic rings. The molecule has 6 heteroatoms. The number of halogens is 1. The number of benzene rings is 2. The summed E-state index contributed by atoms with van der Waals surface area (Å²) in [6.45, 7) is 1.63. The quantitative estimate of drug-likeness (QED) is 0.626. The third-order valence-corrected chi connectivity index (χ3v) is 2.96. The van der Waals surface area contributed by atoms with Gasteiger partial charge in [0.1, 0.15) is 5.75 Å². The van der Waals surface area contributed by atoms with Crippen LogP contribution in [0.5, 0.6) is 11.5 Å². The van der Waals surface area contributed by atoms with E-state index in [2.05, 4.69) is 0 Å². The lowest BCUT2D eigenvalue weighted by Gasteiger charge is -2.09. The molecule has 100 valence electrons. The molecule has 5 nitrogen and oxygen atoms in total. The highest BCUT2D eigenvalue weighted by molar-refractivity contribution is 6.32. The number of para-hydroxylation sites is 1. The van der Waals surface area contributed by atoms with Crippen molar-refractivity contribution in [1.82, 2.24) is 0 Å².